The number of pyridine rings is 1. The second-order valence-electron chi connectivity index (χ2n) is 8.85. The van der Waals surface area contributed by atoms with Crippen molar-refractivity contribution in [3.8, 4) is 22.5 Å². The zero-order valence-corrected chi connectivity index (χ0v) is 19.4. The third kappa shape index (κ3) is 4.86. The Morgan fingerprint density at radius 3 is 2.70 bits per heavy atom. The number of rotatable bonds is 6. The quantitative estimate of drug-likeness (QED) is 0.432. The van der Waals surface area contributed by atoms with Gasteiger partial charge in [0.15, 0.2) is 0 Å². The van der Waals surface area contributed by atoms with E-state index in [0.29, 0.717) is 5.92 Å². The first-order chi connectivity index (χ1) is 16.2. The molecule has 33 heavy (non-hydrogen) atoms. The van der Waals surface area contributed by atoms with Crippen LogP contribution in [0.15, 0.2) is 67.3 Å². The van der Waals surface area contributed by atoms with E-state index in [1.165, 1.54) is 37.1 Å². The number of hydrogen-bond acceptors (Lipinski definition) is 5. The molecular formula is C27H30N6. The Morgan fingerprint density at radius 2 is 1.91 bits per heavy atom. The van der Waals surface area contributed by atoms with Crippen LogP contribution in [0.4, 0.5) is 0 Å². The second kappa shape index (κ2) is 9.63. The maximum Gasteiger partial charge on any atom is 0.133 e. The lowest BCUT2D eigenvalue weighted by atomic mass is 9.88. The van der Waals surface area contributed by atoms with E-state index in [1.54, 1.807) is 6.20 Å². The predicted octanol–water partition coefficient (Wildman–Crippen LogP) is 4.82. The van der Waals surface area contributed by atoms with Gasteiger partial charge in [0.1, 0.15) is 11.5 Å². The van der Waals surface area contributed by atoms with Crippen LogP contribution in [0.2, 0.25) is 0 Å². The summed E-state index contributed by atoms with van der Waals surface area (Å²) in [7, 11) is 2.21. The average molecular weight is 439 g/mol. The summed E-state index contributed by atoms with van der Waals surface area (Å²) in [6, 6.07) is 14.9. The molecule has 1 aliphatic heterocycles. The number of nitrogens with zero attached hydrogens (tertiary/aromatic N) is 6. The van der Waals surface area contributed by atoms with E-state index in [0.717, 1.165) is 41.3 Å². The molecule has 0 spiro atoms. The Kier molecular flexibility index (Phi) is 6.26. The summed E-state index contributed by atoms with van der Waals surface area (Å²) < 4.78 is 1.95. The van der Waals surface area contributed by atoms with Crippen LogP contribution < -0.4 is 0 Å². The van der Waals surface area contributed by atoms with Gasteiger partial charge < -0.3 is 4.90 Å². The van der Waals surface area contributed by atoms with Crippen LogP contribution in [-0.2, 0) is 13.0 Å². The van der Waals surface area contributed by atoms with Crippen molar-refractivity contribution in [1.82, 2.24) is 29.6 Å². The zero-order valence-electron chi connectivity index (χ0n) is 19.4. The molecule has 0 saturated carbocycles. The topological polar surface area (TPSA) is 59.7 Å². The Labute approximate surface area is 195 Å². The lowest BCUT2D eigenvalue weighted by molar-refractivity contribution is 0.255. The van der Waals surface area contributed by atoms with Gasteiger partial charge in [-0.1, -0.05) is 24.3 Å². The van der Waals surface area contributed by atoms with Crippen molar-refractivity contribution in [3.05, 3.63) is 84.2 Å². The molecule has 0 amide bonds. The van der Waals surface area contributed by atoms with Gasteiger partial charge in [-0.15, -0.1) is 0 Å². The van der Waals surface area contributed by atoms with Gasteiger partial charge in [-0.2, -0.15) is 5.10 Å². The first-order valence-electron chi connectivity index (χ1n) is 11.8. The first-order valence-corrected chi connectivity index (χ1v) is 11.8. The van der Waals surface area contributed by atoms with Crippen molar-refractivity contribution >= 4 is 0 Å². The number of benzene rings is 1. The standard InChI is InChI=1S/C27H30N6/c1-3-33-19-24(27(31-33)23-8-5-12-28-18-23)25-9-13-29-26(30-25)17-20-6-4-7-22(16-20)21-10-14-32(2)15-11-21/h4-9,12-13,16,18-19,21H,3,10-11,14-15,17H2,1-2H3. The Morgan fingerprint density at radius 1 is 1.03 bits per heavy atom. The molecule has 3 aromatic heterocycles. The van der Waals surface area contributed by atoms with Crippen LogP contribution in [0, 0.1) is 0 Å². The monoisotopic (exact) mass is 438 g/mol. The summed E-state index contributed by atoms with van der Waals surface area (Å²) in [5.41, 5.74) is 6.50. The molecule has 4 aromatic rings. The molecular weight excluding hydrogens is 408 g/mol. The predicted molar refractivity (Wildman–Crippen MR) is 131 cm³/mol. The fraction of sp³-hybridized carbons (Fsp3) is 0.333. The van der Waals surface area contributed by atoms with Crippen LogP contribution in [-0.4, -0.2) is 49.8 Å². The van der Waals surface area contributed by atoms with E-state index in [9.17, 15) is 0 Å². The molecule has 1 aliphatic rings. The Bertz CT molecular complexity index is 1210. The van der Waals surface area contributed by atoms with Gasteiger partial charge in [-0.25, -0.2) is 9.97 Å². The first kappa shape index (κ1) is 21.5. The molecule has 6 nitrogen and oxygen atoms in total. The van der Waals surface area contributed by atoms with Crippen molar-refractivity contribution in [2.45, 2.75) is 38.6 Å². The minimum Gasteiger partial charge on any atom is -0.306 e. The third-order valence-electron chi connectivity index (χ3n) is 6.51. The van der Waals surface area contributed by atoms with Gasteiger partial charge >= 0.3 is 0 Å². The maximum atomic E-state index is 4.93. The molecule has 0 radical (unpaired) electrons. The van der Waals surface area contributed by atoms with Crippen LogP contribution in [0.3, 0.4) is 0 Å². The molecule has 1 aromatic carbocycles. The van der Waals surface area contributed by atoms with Crippen molar-refractivity contribution in [2.75, 3.05) is 20.1 Å². The van der Waals surface area contributed by atoms with E-state index in [2.05, 4.69) is 59.3 Å². The molecule has 5 rings (SSSR count). The highest BCUT2D eigenvalue weighted by atomic mass is 15.3. The number of hydrogen-bond donors (Lipinski definition) is 0. The summed E-state index contributed by atoms with van der Waals surface area (Å²) in [5, 5.41) is 4.77. The van der Waals surface area contributed by atoms with Gasteiger partial charge in [-0.3, -0.25) is 9.67 Å². The third-order valence-corrected chi connectivity index (χ3v) is 6.51. The molecule has 6 heteroatoms. The highest BCUT2D eigenvalue weighted by Crippen LogP contribution is 2.30. The summed E-state index contributed by atoms with van der Waals surface area (Å²) in [6.45, 7) is 5.23. The second-order valence-corrected chi connectivity index (χ2v) is 8.85. The lowest BCUT2D eigenvalue weighted by Gasteiger charge is -2.29. The van der Waals surface area contributed by atoms with Crippen molar-refractivity contribution in [2.24, 2.45) is 0 Å². The van der Waals surface area contributed by atoms with Crippen molar-refractivity contribution in [3.63, 3.8) is 0 Å². The Balaban J connectivity index is 1.41. The Hall–Kier alpha value is -3.38. The van der Waals surface area contributed by atoms with Crippen LogP contribution in [0.1, 0.15) is 42.6 Å². The minimum atomic E-state index is 0.648. The summed E-state index contributed by atoms with van der Waals surface area (Å²) in [5.74, 6) is 1.48. The zero-order chi connectivity index (χ0) is 22.6. The fourth-order valence-electron chi connectivity index (χ4n) is 4.60. The van der Waals surface area contributed by atoms with Crippen LogP contribution in [0.5, 0.6) is 0 Å². The highest BCUT2D eigenvalue weighted by Gasteiger charge is 2.19. The molecule has 0 atom stereocenters. The van der Waals surface area contributed by atoms with Gasteiger partial charge in [0.2, 0.25) is 0 Å². The summed E-state index contributed by atoms with van der Waals surface area (Å²) in [4.78, 5) is 16.2. The smallest absolute Gasteiger partial charge is 0.133 e. The number of likely N-dealkylation sites (tertiary alicyclic amines) is 1. The minimum absolute atomic E-state index is 0.648. The van der Waals surface area contributed by atoms with E-state index in [-0.39, 0.29) is 0 Å². The molecule has 0 unspecified atom stereocenters. The van der Waals surface area contributed by atoms with Gasteiger partial charge in [0, 0.05) is 48.9 Å². The molecule has 0 aliphatic carbocycles. The van der Waals surface area contributed by atoms with Gasteiger partial charge in [0.25, 0.3) is 0 Å². The summed E-state index contributed by atoms with van der Waals surface area (Å²) >= 11 is 0. The lowest BCUT2D eigenvalue weighted by Crippen LogP contribution is -2.29. The van der Waals surface area contributed by atoms with Crippen molar-refractivity contribution in [1.29, 1.82) is 0 Å². The molecule has 1 saturated heterocycles. The molecule has 4 heterocycles. The number of piperidine rings is 1. The van der Waals surface area contributed by atoms with E-state index >= 15 is 0 Å². The molecule has 168 valence electrons. The van der Waals surface area contributed by atoms with E-state index < -0.39 is 0 Å². The largest absolute Gasteiger partial charge is 0.306 e. The van der Waals surface area contributed by atoms with Crippen LogP contribution >= 0.6 is 0 Å². The van der Waals surface area contributed by atoms with Crippen LogP contribution in [0.25, 0.3) is 22.5 Å². The molecule has 0 N–H and O–H groups in total. The normalized spacial score (nSPS) is 15.1. The van der Waals surface area contributed by atoms with Crippen molar-refractivity contribution < 1.29 is 0 Å². The van der Waals surface area contributed by atoms with E-state index in [1.807, 2.05) is 35.3 Å². The highest BCUT2D eigenvalue weighted by molar-refractivity contribution is 5.78. The number of aryl methyl sites for hydroxylation is 1. The maximum absolute atomic E-state index is 4.93. The van der Waals surface area contributed by atoms with Gasteiger partial charge in [-0.05, 0) is 75.1 Å². The van der Waals surface area contributed by atoms with E-state index in [4.69, 9.17) is 10.1 Å². The SMILES string of the molecule is CCn1cc(-c2ccnc(Cc3cccc(C4CCN(C)CC4)c3)n2)c(-c2cccnc2)n1. The van der Waals surface area contributed by atoms with Gasteiger partial charge in [0.05, 0.1) is 5.69 Å². The number of aromatic nitrogens is 5. The summed E-state index contributed by atoms with van der Waals surface area (Å²) in [6.07, 6.45) is 10.7. The average Bonchev–Trinajstić information content (AvgIpc) is 3.30. The fourth-order valence-corrected chi connectivity index (χ4v) is 4.60. The molecule has 0 bridgehead atoms. The molecule has 1 fully saturated rings.